The lowest BCUT2D eigenvalue weighted by atomic mass is 10.1. The van der Waals surface area contributed by atoms with Crippen LogP contribution in [-0.2, 0) is 6.54 Å². The molecule has 1 aliphatic heterocycles. The van der Waals surface area contributed by atoms with Gasteiger partial charge in [-0.25, -0.2) is 4.98 Å². The lowest BCUT2D eigenvalue weighted by Crippen LogP contribution is -2.18. The van der Waals surface area contributed by atoms with Crippen LogP contribution in [0.5, 0.6) is 0 Å². The molecule has 0 radical (unpaired) electrons. The number of hydrogen-bond donors (Lipinski definition) is 1. The van der Waals surface area contributed by atoms with Gasteiger partial charge in [-0.3, -0.25) is 15.1 Å². The summed E-state index contributed by atoms with van der Waals surface area (Å²) in [7, 11) is 0. The van der Waals surface area contributed by atoms with Gasteiger partial charge in [0.05, 0.1) is 10.3 Å². The number of rotatable bonds is 5. The van der Waals surface area contributed by atoms with Gasteiger partial charge in [-0.2, -0.15) is 0 Å². The highest BCUT2D eigenvalue weighted by Crippen LogP contribution is 2.31. The zero-order valence-electron chi connectivity index (χ0n) is 14.3. The fraction of sp³-hybridized carbons (Fsp3) is 0.263. The average Bonchev–Trinajstić information content (AvgIpc) is 3.21. The maximum atomic E-state index is 11.2. The zero-order valence-corrected chi connectivity index (χ0v) is 14.3. The molecule has 0 amide bonds. The van der Waals surface area contributed by atoms with E-state index in [0.717, 1.165) is 35.5 Å². The van der Waals surface area contributed by atoms with E-state index in [2.05, 4.69) is 32.3 Å². The van der Waals surface area contributed by atoms with E-state index in [0.29, 0.717) is 11.9 Å². The highest BCUT2D eigenvalue weighted by Gasteiger charge is 2.15. The summed E-state index contributed by atoms with van der Waals surface area (Å²) >= 11 is 0. The molecule has 26 heavy (non-hydrogen) atoms. The van der Waals surface area contributed by atoms with Crippen LogP contribution in [0, 0.1) is 10.1 Å². The molecule has 1 saturated heterocycles. The summed E-state index contributed by atoms with van der Waals surface area (Å²) in [5.41, 5.74) is 1.97. The number of nitrogens with one attached hydrogen (secondary N) is 1. The van der Waals surface area contributed by atoms with Gasteiger partial charge < -0.3 is 10.2 Å². The zero-order chi connectivity index (χ0) is 17.9. The summed E-state index contributed by atoms with van der Waals surface area (Å²) in [5, 5.41) is 15.9. The smallest absolute Gasteiger partial charge is 0.278 e. The van der Waals surface area contributed by atoms with E-state index in [4.69, 9.17) is 0 Å². The van der Waals surface area contributed by atoms with Gasteiger partial charge >= 0.3 is 0 Å². The summed E-state index contributed by atoms with van der Waals surface area (Å²) in [5.74, 6) is 1.03. The first-order valence-electron chi connectivity index (χ1n) is 8.67. The van der Waals surface area contributed by atoms with E-state index in [1.165, 1.54) is 25.1 Å². The fourth-order valence-electron chi connectivity index (χ4n) is 3.34. The normalized spacial score (nSPS) is 13.9. The lowest BCUT2D eigenvalue weighted by molar-refractivity contribution is -0.383. The van der Waals surface area contributed by atoms with Gasteiger partial charge in [-0.05, 0) is 36.6 Å². The Hall–Kier alpha value is -3.22. The predicted molar refractivity (Wildman–Crippen MR) is 101 cm³/mol. The SMILES string of the molecule is O=[N+]([O-])c1ccc(NCc2ccc(N3CCCC3)nc2)c2ccncc12. The van der Waals surface area contributed by atoms with Crippen LogP contribution in [-0.4, -0.2) is 28.0 Å². The first kappa shape index (κ1) is 16.3. The molecule has 3 aromatic rings. The number of nitro groups is 1. The Morgan fingerprint density at radius 3 is 2.65 bits per heavy atom. The monoisotopic (exact) mass is 349 g/mol. The summed E-state index contributed by atoms with van der Waals surface area (Å²) in [6.45, 7) is 2.75. The van der Waals surface area contributed by atoms with E-state index >= 15 is 0 Å². The number of non-ortho nitro benzene ring substituents is 1. The van der Waals surface area contributed by atoms with Crippen molar-refractivity contribution in [3.63, 3.8) is 0 Å². The van der Waals surface area contributed by atoms with Crippen molar-refractivity contribution >= 4 is 28.0 Å². The van der Waals surface area contributed by atoms with Crippen molar-refractivity contribution < 1.29 is 4.92 Å². The quantitative estimate of drug-likeness (QED) is 0.558. The Kier molecular flexibility index (Phi) is 4.35. The molecule has 0 saturated carbocycles. The minimum absolute atomic E-state index is 0.0651. The molecule has 1 aromatic carbocycles. The van der Waals surface area contributed by atoms with Crippen molar-refractivity contribution in [2.24, 2.45) is 0 Å². The highest BCUT2D eigenvalue weighted by molar-refractivity contribution is 5.99. The van der Waals surface area contributed by atoms with Gasteiger partial charge in [0.25, 0.3) is 5.69 Å². The van der Waals surface area contributed by atoms with Crippen LogP contribution < -0.4 is 10.2 Å². The molecule has 1 aliphatic rings. The van der Waals surface area contributed by atoms with E-state index in [-0.39, 0.29) is 10.6 Å². The molecule has 1 N–H and O–H groups in total. The third kappa shape index (κ3) is 3.15. The molecule has 132 valence electrons. The van der Waals surface area contributed by atoms with Crippen molar-refractivity contribution in [3.8, 4) is 0 Å². The number of fused-ring (bicyclic) bond motifs is 1. The molecule has 4 rings (SSSR count). The third-order valence-corrected chi connectivity index (χ3v) is 4.71. The number of anilines is 2. The largest absolute Gasteiger partial charge is 0.380 e. The van der Waals surface area contributed by atoms with Crippen LogP contribution in [0.3, 0.4) is 0 Å². The molecule has 0 bridgehead atoms. The average molecular weight is 349 g/mol. The van der Waals surface area contributed by atoms with Gasteiger partial charge in [0.1, 0.15) is 5.82 Å². The molecule has 0 atom stereocenters. The Labute approximate surface area is 150 Å². The second-order valence-electron chi connectivity index (χ2n) is 6.38. The second-order valence-corrected chi connectivity index (χ2v) is 6.38. The molecular formula is C19H19N5O2. The van der Waals surface area contributed by atoms with E-state index in [1.807, 2.05) is 6.20 Å². The van der Waals surface area contributed by atoms with Crippen LogP contribution in [0.25, 0.3) is 10.8 Å². The Morgan fingerprint density at radius 2 is 1.92 bits per heavy atom. The van der Waals surface area contributed by atoms with Gasteiger partial charge in [0.15, 0.2) is 0 Å². The molecule has 2 aromatic heterocycles. The van der Waals surface area contributed by atoms with Gasteiger partial charge in [0, 0.05) is 55.4 Å². The molecule has 7 heteroatoms. The van der Waals surface area contributed by atoms with Gasteiger partial charge in [0.2, 0.25) is 0 Å². The summed E-state index contributed by atoms with van der Waals surface area (Å²) in [6, 6.07) is 9.18. The third-order valence-electron chi connectivity index (χ3n) is 4.71. The van der Waals surface area contributed by atoms with Crippen molar-refractivity contribution in [2.75, 3.05) is 23.3 Å². The fourth-order valence-corrected chi connectivity index (χ4v) is 3.34. The van der Waals surface area contributed by atoms with Crippen LogP contribution >= 0.6 is 0 Å². The maximum absolute atomic E-state index is 11.2. The standard InChI is InChI=1S/C19H19N5O2/c25-24(26)18-5-4-17(15-7-8-20-13-16(15)18)21-11-14-3-6-19(22-12-14)23-9-1-2-10-23/h3-8,12-13,21H,1-2,9-11H2. The Bertz CT molecular complexity index is 936. The summed E-state index contributed by atoms with van der Waals surface area (Å²) in [6.07, 6.45) is 7.52. The Balaban J connectivity index is 1.53. The number of aromatic nitrogens is 2. The minimum atomic E-state index is -0.380. The lowest BCUT2D eigenvalue weighted by Gasteiger charge is -2.16. The number of benzene rings is 1. The molecule has 3 heterocycles. The first-order valence-corrected chi connectivity index (χ1v) is 8.67. The number of hydrogen-bond acceptors (Lipinski definition) is 6. The topological polar surface area (TPSA) is 84.2 Å². The molecule has 7 nitrogen and oxygen atoms in total. The van der Waals surface area contributed by atoms with Crippen LogP contribution in [0.1, 0.15) is 18.4 Å². The molecule has 0 aliphatic carbocycles. The maximum Gasteiger partial charge on any atom is 0.278 e. The first-order chi connectivity index (χ1) is 12.7. The van der Waals surface area contributed by atoms with Gasteiger partial charge in [-0.1, -0.05) is 6.07 Å². The number of nitrogens with zero attached hydrogens (tertiary/aromatic N) is 4. The molecular weight excluding hydrogens is 330 g/mol. The number of nitro benzene ring substituents is 1. The van der Waals surface area contributed by atoms with E-state index < -0.39 is 0 Å². The van der Waals surface area contributed by atoms with Crippen molar-refractivity contribution in [1.82, 2.24) is 9.97 Å². The predicted octanol–water partition coefficient (Wildman–Crippen LogP) is 3.75. The summed E-state index contributed by atoms with van der Waals surface area (Å²) in [4.78, 5) is 21.7. The van der Waals surface area contributed by atoms with Gasteiger partial charge in [-0.15, -0.1) is 0 Å². The van der Waals surface area contributed by atoms with Crippen LogP contribution in [0.4, 0.5) is 17.2 Å². The Morgan fingerprint density at radius 1 is 1.08 bits per heavy atom. The molecule has 1 fully saturated rings. The molecule has 0 unspecified atom stereocenters. The minimum Gasteiger partial charge on any atom is -0.380 e. The number of pyridine rings is 2. The highest BCUT2D eigenvalue weighted by atomic mass is 16.6. The van der Waals surface area contributed by atoms with Crippen molar-refractivity contribution in [3.05, 3.63) is 64.6 Å². The second kappa shape index (κ2) is 6.95. The van der Waals surface area contributed by atoms with E-state index in [9.17, 15) is 10.1 Å². The van der Waals surface area contributed by atoms with Crippen molar-refractivity contribution in [2.45, 2.75) is 19.4 Å². The molecule has 0 spiro atoms. The summed E-state index contributed by atoms with van der Waals surface area (Å²) < 4.78 is 0. The van der Waals surface area contributed by atoms with Crippen LogP contribution in [0.2, 0.25) is 0 Å². The van der Waals surface area contributed by atoms with Crippen molar-refractivity contribution in [1.29, 1.82) is 0 Å². The van der Waals surface area contributed by atoms with Crippen LogP contribution in [0.15, 0.2) is 48.9 Å². The van der Waals surface area contributed by atoms with E-state index in [1.54, 1.807) is 18.3 Å².